The molecule has 25 heavy (non-hydrogen) atoms. The number of carbonyl (C=O) groups excluding carboxylic acids is 2. The van der Waals surface area contributed by atoms with E-state index in [1.165, 1.54) is 11.1 Å². The predicted octanol–water partition coefficient (Wildman–Crippen LogP) is 2.16. The summed E-state index contributed by atoms with van der Waals surface area (Å²) in [6, 6.07) is 8.57. The van der Waals surface area contributed by atoms with Crippen molar-refractivity contribution in [2.24, 2.45) is 0 Å². The maximum atomic E-state index is 12.3. The zero-order chi connectivity index (χ0) is 18.0. The van der Waals surface area contributed by atoms with Gasteiger partial charge in [0, 0.05) is 40.7 Å². The molecule has 1 aromatic rings. The standard InChI is InChI=1S/C20H28N2O3/c1-21(2)18(23)12-15-13-20(17-7-5-4-6-16(15)17)8-10-22(11-9-20)19(24)14-25-3/h4-7,15H,8-14H2,1-3H3/t15-/m1/s1. The lowest BCUT2D eigenvalue weighted by Gasteiger charge is -2.40. The van der Waals surface area contributed by atoms with Crippen molar-refractivity contribution in [3.8, 4) is 0 Å². The van der Waals surface area contributed by atoms with Crippen LogP contribution in [-0.4, -0.2) is 62.5 Å². The van der Waals surface area contributed by atoms with Gasteiger partial charge in [-0.1, -0.05) is 24.3 Å². The highest BCUT2D eigenvalue weighted by atomic mass is 16.5. The Labute approximate surface area is 149 Å². The van der Waals surface area contributed by atoms with Crippen LogP contribution in [0.25, 0.3) is 0 Å². The van der Waals surface area contributed by atoms with Crippen LogP contribution < -0.4 is 0 Å². The molecule has 1 aliphatic heterocycles. The minimum Gasteiger partial charge on any atom is -0.375 e. The summed E-state index contributed by atoms with van der Waals surface area (Å²) in [4.78, 5) is 27.9. The molecule has 0 aromatic heterocycles. The Bertz CT molecular complexity index is 648. The van der Waals surface area contributed by atoms with Crippen molar-refractivity contribution < 1.29 is 14.3 Å². The molecular weight excluding hydrogens is 316 g/mol. The smallest absolute Gasteiger partial charge is 0.248 e. The Balaban J connectivity index is 1.77. The third kappa shape index (κ3) is 3.43. The normalized spacial score (nSPS) is 21.2. The van der Waals surface area contributed by atoms with Crippen LogP contribution in [0.15, 0.2) is 24.3 Å². The largest absolute Gasteiger partial charge is 0.375 e. The average molecular weight is 344 g/mol. The lowest BCUT2D eigenvalue weighted by atomic mass is 9.73. The summed E-state index contributed by atoms with van der Waals surface area (Å²) >= 11 is 0. The molecule has 3 rings (SSSR count). The molecule has 1 saturated heterocycles. The quantitative estimate of drug-likeness (QED) is 0.841. The predicted molar refractivity (Wildman–Crippen MR) is 96.5 cm³/mol. The van der Waals surface area contributed by atoms with E-state index in [2.05, 4.69) is 24.3 Å². The summed E-state index contributed by atoms with van der Waals surface area (Å²) < 4.78 is 4.98. The van der Waals surface area contributed by atoms with Crippen LogP contribution in [0.2, 0.25) is 0 Å². The molecule has 2 aliphatic rings. The Hall–Kier alpha value is -1.88. The molecule has 1 aromatic carbocycles. The van der Waals surface area contributed by atoms with Gasteiger partial charge in [-0.05, 0) is 41.7 Å². The third-order valence-corrected chi connectivity index (χ3v) is 5.87. The van der Waals surface area contributed by atoms with Gasteiger partial charge in [-0.15, -0.1) is 0 Å². The molecule has 1 spiro atoms. The van der Waals surface area contributed by atoms with Crippen molar-refractivity contribution in [3.05, 3.63) is 35.4 Å². The monoisotopic (exact) mass is 344 g/mol. The Morgan fingerprint density at radius 2 is 1.92 bits per heavy atom. The van der Waals surface area contributed by atoms with E-state index in [0.717, 1.165) is 32.4 Å². The highest BCUT2D eigenvalue weighted by molar-refractivity contribution is 5.78. The molecule has 5 heteroatoms. The molecule has 5 nitrogen and oxygen atoms in total. The van der Waals surface area contributed by atoms with Crippen molar-refractivity contribution in [3.63, 3.8) is 0 Å². The highest BCUT2D eigenvalue weighted by Gasteiger charge is 2.46. The molecule has 1 aliphatic carbocycles. The molecule has 1 heterocycles. The van der Waals surface area contributed by atoms with Crippen LogP contribution in [0, 0.1) is 0 Å². The second-order valence-corrected chi connectivity index (χ2v) is 7.57. The van der Waals surface area contributed by atoms with Gasteiger partial charge in [0.1, 0.15) is 6.61 Å². The van der Waals surface area contributed by atoms with Gasteiger partial charge in [0.25, 0.3) is 0 Å². The zero-order valence-corrected chi connectivity index (χ0v) is 15.5. The van der Waals surface area contributed by atoms with Crippen molar-refractivity contribution in [1.29, 1.82) is 0 Å². The number of methoxy groups -OCH3 is 1. The summed E-state index contributed by atoms with van der Waals surface area (Å²) in [5.74, 6) is 0.542. The SMILES string of the molecule is COCC(=O)N1CCC2(CC1)C[C@@H](CC(=O)N(C)C)c1ccccc12. The van der Waals surface area contributed by atoms with Gasteiger partial charge < -0.3 is 14.5 Å². The third-order valence-electron chi connectivity index (χ3n) is 5.87. The number of likely N-dealkylation sites (tertiary alicyclic amines) is 1. The van der Waals surface area contributed by atoms with Crippen LogP contribution in [0.1, 0.15) is 42.7 Å². The number of carbonyl (C=O) groups is 2. The molecule has 0 saturated carbocycles. The maximum absolute atomic E-state index is 12.3. The summed E-state index contributed by atoms with van der Waals surface area (Å²) in [7, 11) is 5.20. The van der Waals surface area contributed by atoms with E-state index in [1.807, 2.05) is 19.0 Å². The minimum atomic E-state index is 0.0722. The number of hydrogen-bond donors (Lipinski definition) is 0. The average Bonchev–Trinajstić information content (AvgIpc) is 2.89. The topological polar surface area (TPSA) is 49.9 Å². The van der Waals surface area contributed by atoms with Crippen molar-refractivity contribution in [2.75, 3.05) is 40.9 Å². The van der Waals surface area contributed by atoms with Crippen LogP contribution in [0.4, 0.5) is 0 Å². The molecule has 1 atom stereocenters. The van der Waals surface area contributed by atoms with E-state index in [9.17, 15) is 9.59 Å². The lowest BCUT2D eigenvalue weighted by molar-refractivity contribution is -0.136. The summed E-state index contributed by atoms with van der Waals surface area (Å²) in [6.07, 6.45) is 3.51. The van der Waals surface area contributed by atoms with E-state index in [0.29, 0.717) is 6.42 Å². The van der Waals surface area contributed by atoms with Crippen molar-refractivity contribution in [2.45, 2.75) is 37.0 Å². The van der Waals surface area contributed by atoms with E-state index < -0.39 is 0 Å². The zero-order valence-electron chi connectivity index (χ0n) is 15.5. The van der Waals surface area contributed by atoms with Crippen molar-refractivity contribution >= 4 is 11.8 Å². The molecule has 136 valence electrons. The molecule has 0 N–H and O–H groups in total. The summed E-state index contributed by atoms with van der Waals surface area (Å²) in [5.41, 5.74) is 2.83. The first-order valence-electron chi connectivity index (χ1n) is 9.03. The molecule has 0 unspecified atom stereocenters. The second-order valence-electron chi connectivity index (χ2n) is 7.57. The lowest BCUT2D eigenvalue weighted by Crippen LogP contribution is -2.45. The van der Waals surface area contributed by atoms with Gasteiger partial charge in [0.15, 0.2) is 0 Å². The van der Waals surface area contributed by atoms with Crippen molar-refractivity contribution in [1.82, 2.24) is 9.80 Å². The van der Waals surface area contributed by atoms with E-state index in [1.54, 1.807) is 12.0 Å². The minimum absolute atomic E-state index is 0.0722. The molecular formula is C20H28N2O3. The molecule has 1 fully saturated rings. The van der Waals surface area contributed by atoms with Gasteiger partial charge in [-0.3, -0.25) is 9.59 Å². The van der Waals surface area contributed by atoms with Gasteiger partial charge >= 0.3 is 0 Å². The fraction of sp³-hybridized carbons (Fsp3) is 0.600. The summed E-state index contributed by atoms with van der Waals surface area (Å²) in [6.45, 7) is 1.69. The van der Waals surface area contributed by atoms with Gasteiger partial charge in [0.2, 0.25) is 11.8 Å². The fourth-order valence-corrected chi connectivity index (χ4v) is 4.48. The number of amides is 2. The number of fused-ring (bicyclic) bond motifs is 2. The number of piperidine rings is 1. The number of hydrogen-bond acceptors (Lipinski definition) is 3. The first-order chi connectivity index (χ1) is 12.0. The molecule has 0 bridgehead atoms. The second kappa shape index (κ2) is 7.16. The number of nitrogens with zero attached hydrogens (tertiary/aromatic N) is 2. The van der Waals surface area contributed by atoms with Crippen LogP contribution in [-0.2, 0) is 19.7 Å². The van der Waals surface area contributed by atoms with Gasteiger partial charge in [-0.2, -0.15) is 0 Å². The molecule has 2 amide bonds. The van der Waals surface area contributed by atoms with E-state index >= 15 is 0 Å². The van der Waals surface area contributed by atoms with Gasteiger partial charge in [-0.25, -0.2) is 0 Å². The highest BCUT2D eigenvalue weighted by Crippen LogP contribution is 2.52. The van der Waals surface area contributed by atoms with Crippen LogP contribution in [0.3, 0.4) is 0 Å². The fourth-order valence-electron chi connectivity index (χ4n) is 4.48. The van der Waals surface area contributed by atoms with E-state index in [4.69, 9.17) is 4.74 Å². The number of ether oxygens (including phenoxy) is 1. The number of rotatable bonds is 4. The Morgan fingerprint density at radius 3 is 2.56 bits per heavy atom. The number of benzene rings is 1. The Kier molecular flexibility index (Phi) is 5.13. The Morgan fingerprint density at radius 1 is 1.24 bits per heavy atom. The summed E-state index contributed by atoms with van der Waals surface area (Å²) in [5, 5.41) is 0. The van der Waals surface area contributed by atoms with Gasteiger partial charge in [0.05, 0.1) is 0 Å². The first kappa shape index (κ1) is 17.9. The van der Waals surface area contributed by atoms with Crippen LogP contribution >= 0.6 is 0 Å². The van der Waals surface area contributed by atoms with E-state index in [-0.39, 0.29) is 29.8 Å². The van der Waals surface area contributed by atoms with Crippen LogP contribution in [0.5, 0.6) is 0 Å². The molecule has 0 radical (unpaired) electrons. The first-order valence-corrected chi connectivity index (χ1v) is 9.03. The maximum Gasteiger partial charge on any atom is 0.248 e.